The Morgan fingerprint density at radius 2 is 1.95 bits per heavy atom. The molecule has 4 N–H and O–H groups in total. The van der Waals surface area contributed by atoms with Crippen molar-refractivity contribution in [3.05, 3.63) is 24.3 Å². The van der Waals surface area contributed by atoms with Crippen LogP contribution in [-0.4, -0.2) is 27.0 Å². The molecule has 0 saturated carbocycles. The monoisotopic (exact) mass is 287 g/mol. The normalized spacial score (nSPS) is 12.8. The highest BCUT2D eigenvalue weighted by molar-refractivity contribution is 7.89. The molecule has 0 radical (unpaired) electrons. The van der Waals surface area contributed by atoms with Crippen LogP contribution in [0.4, 0.5) is 0 Å². The molecule has 0 saturated heterocycles. The summed E-state index contributed by atoms with van der Waals surface area (Å²) in [5.41, 5.74) is 1.88. The van der Waals surface area contributed by atoms with Crippen LogP contribution in [0.25, 0.3) is 0 Å². The van der Waals surface area contributed by atoms with E-state index >= 15 is 0 Å². The Hall–Kier alpha value is -1.64. The van der Waals surface area contributed by atoms with Crippen LogP contribution in [0.15, 0.2) is 29.2 Å². The molecule has 0 spiro atoms. The largest absolute Gasteiger partial charge is 0.494 e. The van der Waals surface area contributed by atoms with E-state index in [0.717, 1.165) is 0 Å². The predicted molar refractivity (Wildman–Crippen MR) is 69.7 cm³/mol. The van der Waals surface area contributed by atoms with Crippen LogP contribution in [-0.2, 0) is 14.8 Å². The van der Waals surface area contributed by atoms with Crippen molar-refractivity contribution in [1.29, 1.82) is 0 Å². The first-order valence-corrected chi connectivity index (χ1v) is 7.14. The first kappa shape index (κ1) is 15.4. The molecule has 0 aromatic heterocycles. The number of hydrazine groups is 1. The Balaban J connectivity index is 2.85. The Morgan fingerprint density at radius 3 is 2.42 bits per heavy atom. The third-order valence-electron chi connectivity index (χ3n) is 2.31. The molecular formula is C11H17N3O4S. The van der Waals surface area contributed by atoms with Crippen LogP contribution < -0.4 is 20.7 Å². The molecule has 19 heavy (non-hydrogen) atoms. The predicted octanol–water partition coefficient (Wildman–Crippen LogP) is -0.258. The van der Waals surface area contributed by atoms with Gasteiger partial charge in [0.2, 0.25) is 10.0 Å². The zero-order valence-corrected chi connectivity index (χ0v) is 11.5. The van der Waals surface area contributed by atoms with Gasteiger partial charge in [0.15, 0.2) is 0 Å². The number of amides is 1. The van der Waals surface area contributed by atoms with Crippen molar-refractivity contribution in [2.24, 2.45) is 5.84 Å². The fraction of sp³-hybridized carbons (Fsp3) is 0.364. The number of ether oxygens (including phenoxy) is 1. The van der Waals surface area contributed by atoms with Gasteiger partial charge in [-0.25, -0.2) is 14.3 Å². The topological polar surface area (TPSA) is 111 Å². The maximum absolute atomic E-state index is 12.0. The smallest absolute Gasteiger partial charge is 0.251 e. The minimum atomic E-state index is -3.77. The molecule has 0 bridgehead atoms. The van der Waals surface area contributed by atoms with Crippen LogP contribution in [0.3, 0.4) is 0 Å². The van der Waals surface area contributed by atoms with Crippen molar-refractivity contribution in [1.82, 2.24) is 10.1 Å². The van der Waals surface area contributed by atoms with E-state index in [1.165, 1.54) is 19.1 Å². The molecule has 0 aliphatic carbocycles. The van der Waals surface area contributed by atoms with Crippen molar-refractivity contribution in [2.75, 3.05) is 6.61 Å². The second kappa shape index (κ2) is 6.50. The highest BCUT2D eigenvalue weighted by Crippen LogP contribution is 2.16. The Morgan fingerprint density at radius 1 is 1.37 bits per heavy atom. The fourth-order valence-electron chi connectivity index (χ4n) is 1.36. The summed E-state index contributed by atoms with van der Waals surface area (Å²) in [4.78, 5) is 11.2. The second-order valence-electron chi connectivity index (χ2n) is 3.76. The summed E-state index contributed by atoms with van der Waals surface area (Å²) in [6, 6.07) is 4.94. The second-order valence-corrected chi connectivity index (χ2v) is 5.47. The van der Waals surface area contributed by atoms with E-state index in [1.807, 2.05) is 12.3 Å². The van der Waals surface area contributed by atoms with E-state index in [0.29, 0.717) is 12.4 Å². The van der Waals surface area contributed by atoms with Gasteiger partial charge in [-0.3, -0.25) is 10.2 Å². The van der Waals surface area contributed by atoms with Crippen molar-refractivity contribution < 1.29 is 17.9 Å². The summed E-state index contributed by atoms with van der Waals surface area (Å²) in [6.45, 7) is 3.73. The van der Waals surface area contributed by atoms with Crippen molar-refractivity contribution in [3.8, 4) is 5.75 Å². The zero-order chi connectivity index (χ0) is 14.5. The molecule has 0 aliphatic heterocycles. The summed E-state index contributed by atoms with van der Waals surface area (Å²) >= 11 is 0. The highest BCUT2D eigenvalue weighted by atomic mass is 32.2. The van der Waals surface area contributed by atoms with Crippen molar-refractivity contribution >= 4 is 15.9 Å². The molecule has 1 aromatic carbocycles. The van der Waals surface area contributed by atoms with Crippen LogP contribution in [0.1, 0.15) is 13.8 Å². The van der Waals surface area contributed by atoms with Gasteiger partial charge in [-0.05, 0) is 38.1 Å². The first-order chi connectivity index (χ1) is 8.90. The summed E-state index contributed by atoms with van der Waals surface area (Å²) in [5, 5.41) is 0. The maximum atomic E-state index is 12.0. The molecule has 1 amide bonds. The quantitative estimate of drug-likeness (QED) is 0.379. The Bertz CT molecular complexity index is 527. The van der Waals surface area contributed by atoms with Crippen molar-refractivity contribution in [2.45, 2.75) is 24.8 Å². The number of carbonyl (C=O) groups is 1. The fourth-order valence-corrected chi connectivity index (χ4v) is 2.56. The molecule has 106 valence electrons. The molecule has 8 heteroatoms. The molecule has 1 rings (SSSR count). The van der Waals surface area contributed by atoms with Gasteiger partial charge in [0.1, 0.15) is 5.75 Å². The van der Waals surface area contributed by atoms with E-state index in [2.05, 4.69) is 4.72 Å². The number of nitrogens with one attached hydrogen (secondary N) is 2. The lowest BCUT2D eigenvalue weighted by Gasteiger charge is -2.12. The lowest BCUT2D eigenvalue weighted by molar-refractivity contribution is -0.122. The summed E-state index contributed by atoms with van der Waals surface area (Å²) in [5.74, 6) is 4.89. The number of carbonyl (C=O) groups excluding carboxylic acids is 1. The molecule has 0 aliphatic rings. The lowest BCUT2D eigenvalue weighted by atomic mass is 10.3. The molecule has 0 fully saturated rings. The van der Waals surface area contributed by atoms with Gasteiger partial charge in [-0.1, -0.05) is 0 Å². The van der Waals surface area contributed by atoms with E-state index in [9.17, 15) is 13.2 Å². The van der Waals surface area contributed by atoms with Crippen LogP contribution in [0.5, 0.6) is 5.75 Å². The summed E-state index contributed by atoms with van der Waals surface area (Å²) in [6.07, 6.45) is 0. The minimum Gasteiger partial charge on any atom is -0.494 e. The van der Waals surface area contributed by atoms with Gasteiger partial charge in [0, 0.05) is 0 Å². The van der Waals surface area contributed by atoms with E-state index in [-0.39, 0.29) is 4.90 Å². The van der Waals surface area contributed by atoms with Gasteiger partial charge in [0.05, 0.1) is 17.5 Å². The third kappa shape index (κ3) is 4.19. The molecule has 1 aromatic rings. The Kier molecular flexibility index (Phi) is 5.28. The van der Waals surface area contributed by atoms with Gasteiger partial charge < -0.3 is 4.74 Å². The Labute approximate surface area is 112 Å². The molecule has 0 unspecified atom stereocenters. The van der Waals surface area contributed by atoms with Gasteiger partial charge >= 0.3 is 0 Å². The average Bonchev–Trinajstić information content (AvgIpc) is 2.38. The number of benzene rings is 1. The van der Waals surface area contributed by atoms with E-state index in [1.54, 1.807) is 12.1 Å². The summed E-state index contributed by atoms with van der Waals surface area (Å²) < 4.78 is 31.3. The number of sulfonamides is 1. The third-order valence-corrected chi connectivity index (χ3v) is 3.87. The van der Waals surface area contributed by atoms with Crippen LogP contribution >= 0.6 is 0 Å². The number of nitrogens with two attached hydrogens (primary N) is 1. The minimum absolute atomic E-state index is 0.0487. The number of rotatable bonds is 6. The van der Waals surface area contributed by atoms with E-state index in [4.69, 9.17) is 10.6 Å². The van der Waals surface area contributed by atoms with E-state index < -0.39 is 22.0 Å². The number of hydrogen-bond acceptors (Lipinski definition) is 5. The maximum Gasteiger partial charge on any atom is 0.251 e. The van der Waals surface area contributed by atoms with Gasteiger partial charge in [0.25, 0.3) is 5.91 Å². The molecule has 0 heterocycles. The lowest BCUT2D eigenvalue weighted by Crippen LogP contribution is -2.47. The highest BCUT2D eigenvalue weighted by Gasteiger charge is 2.21. The molecular weight excluding hydrogens is 270 g/mol. The molecule has 1 atom stereocenters. The van der Waals surface area contributed by atoms with Crippen LogP contribution in [0, 0.1) is 0 Å². The number of hydrogen-bond donors (Lipinski definition) is 3. The van der Waals surface area contributed by atoms with Crippen LogP contribution in [0.2, 0.25) is 0 Å². The zero-order valence-electron chi connectivity index (χ0n) is 10.7. The van der Waals surface area contributed by atoms with Crippen molar-refractivity contribution in [3.63, 3.8) is 0 Å². The summed E-state index contributed by atoms with van der Waals surface area (Å²) in [7, 11) is -3.77. The standard InChI is InChI=1S/C11H17N3O4S/c1-3-18-9-4-6-10(7-5-9)19(16,17)14-8(2)11(15)13-12/h4-8,14H,3,12H2,1-2H3,(H,13,15)/t8-/m1/s1. The SMILES string of the molecule is CCOc1ccc(S(=O)(=O)N[C@H](C)C(=O)NN)cc1. The van der Waals surface area contributed by atoms with Gasteiger partial charge in [-0.2, -0.15) is 4.72 Å². The molecule has 7 nitrogen and oxygen atoms in total. The first-order valence-electron chi connectivity index (χ1n) is 5.66. The average molecular weight is 287 g/mol. The van der Waals surface area contributed by atoms with Gasteiger partial charge in [-0.15, -0.1) is 0 Å².